The number of hydrogen-bond donors (Lipinski definition) is 1. The lowest BCUT2D eigenvalue weighted by atomic mass is 10.2. The Morgan fingerprint density at radius 1 is 1.16 bits per heavy atom. The van der Waals surface area contributed by atoms with E-state index in [0.717, 1.165) is 5.56 Å². The van der Waals surface area contributed by atoms with E-state index >= 15 is 0 Å². The minimum absolute atomic E-state index is 0.0708. The van der Waals surface area contributed by atoms with Crippen LogP contribution in [0.4, 0.5) is 0 Å². The van der Waals surface area contributed by atoms with E-state index in [1.54, 1.807) is 19.1 Å². The average molecular weight is 370 g/mol. The molecule has 0 spiro atoms. The van der Waals surface area contributed by atoms with E-state index in [0.29, 0.717) is 0 Å². The Bertz CT molecular complexity index is 731. The molecule has 1 fully saturated rings. The lowest BCUT2D eigenvalue weighted by Crippen LogP contribution is -2.33. The number of hydrogen-bond acceptors (Lipinski definition) is 6. The molecule has 1 saturated heterocycles. The molecule has 138 valence electrons. The topological polar surface area (TPSA) is 102 Å². The molecule has 0 unspecified atom stereocenters. The van der Waals surface area contributed by atoms with E-state index < -0.39 is 10.0 Å². The van der Waals surface area contributed by atoms with Crippen LogP contribution in [0.15, 0.2) is 23.1 Å². The number of likely N-dealkylation sites (tertiary alicyclic amines) is 1. The molecular weight excluding hydrogens is 348 g/mol. The van der Waals surface area contributed by atoms with Crippen LogP contribution in [-0.4, -0.2) is 58.5 Å². The highest BCUT2D eigenvalue weighted by molar-refractivity contribution is 7.89. The standard InChI is InChI=1S/C16H22N2O6S/c1-12-3-4-13(23-2)14(11-12)25(21,22)17-7-9-24-10-8-18-15(19)5-6-16(18)20/h3-4,11,17H,5-10H2,1-2H3. The summed E-state index contributed by atoms with van der Waals surface area (Å²) >= 11 is 0. The van der Waals surface area contributed by atoms with E-state index in [4.69, 9.17) is 9.47 Å². The smallest absolute Gasteiger partial charge is 0.244 e. The molecule has 1 aromatic carbocycles. The number of benzene rings is 1. The molecule has 8 nitrogen and oxygen atoms in total. The van der Waals surface area contributed by atoms with Crippen molar-refractivity contribution in [3.8, 4) is 5.75 Å². The van der Waals surface area contributed by atoms with Crippen molar-refractivity contribution in [3.05, 3.63) is 23.8 Å². The number of sulfonamides is 1. The summed E-state index contributed by atoms with van der Waals surface area (Å²) in [6.07, 6.45) is 0.494. The van der Waals surface area contributed by atoms with Crippen molar-refractivity contribution in [1.29, 1.82) is 0 Å². The second-order valence-electron chi connectivity index (χ2n) is 5.60. The Morgan fingerprint density at radius 3 is 2.48 bits per heavy atom. The summed E-state index contributed by atoms with van der Waals surface area (Å²) in [5.74, 6) is -0.119. The highest BCUT2D eigenvalue weighted by Crippen LogP contribution is 2.24. The minimum Gasteiger partial charge on any atom is -0.495 e. The van der Waals surface area contributed by atoms with Gasteiger partial charge in [0.05, 0.1) is 26.9 Å². The number of imide groups is 1. The maximum atomic E-state index is 12.3. The van der Waals surface area contributed by atoms with Crippen molar-refractivity contribution < 1.29 is 27.5 Å². The number of nitrogens with one attached hydrogen (secondary N) is 1. The van der Waals surface area contributed by atoms with Gasteiger partial charge >= 0.3 is 0 Å². The summed E-state index contributed by atoms with van der Waals surface area (Å²) in [5.41, 5.74) is 0.803. The zero-order chi connectivity index (χ0) is 18.4. The first-order valence-corrected chi connectivity index (χ1v) is 9.38. The Morgan fingerprint density at radius 2 is 1.84 bits per heavy atom. The van der Waals surface area contributed by atoms with Crippen LogP contribution in [0.1, 0.15) is 18.4 Å². The third-order valence-electron chi connectivity index (χ3n) is 3.76. The molecule has 2 amide bonds. The quantitative estimate of drug-likeness (QED) is 0.500. The van der Waals surface area contributed by atoms with E-state index in [2.05, 4.69) is 4.72 Å². The molecule has 0 aromatic heterocycles. The third-order valence-corrected chi connectivity index (χ3v) is 5.24. The van der Waals surface area contributed by atoms with Gasteiger partial charge in [-0.1, -0.05) is 6.07 Å². The van der Waals surface area contributed by atoms with Crippen molar-refractivity contribution in [3.63, 3.8) is 0 Å². The Balaban J connectivity index is 1.78. The first-order chi connectivity index (χ1) is 11.8. The number of methoxy groups -OCH3 is 1. The molecule has 0 aliphatic carbocycles. The molecule has 1 aliphatic rings. The fourth-order valence-electron chi connectivity index (χ4n) is 2.45. The second-order valence-corrected chi connectivity index (χ2v) is 7.34. The molecule has 9 heteroatoms. The Labute approximate surface area is 147 Å². The number of rotatable bonds is 9. The molecule has 1 N–H and O–H groups in total. The summed E-state index contributed by atoms with van der Waals surface area (Å²) in [5, 5.41) is 0. The van der Waals surface area contributed by atoms with Crippen LogP contribution in [-0.2, 0) is 24.3 Å². The summed E-state index contributed by atoms with van der Waals surface area (Å²) in [7, 11) is -2.31. The fourth-order valence-corrected chi connectivity index (χ4v) is 3.71. The number of ether oxygens (including phenoxy) is 2. The molecule has 1 aromatic rings. The van der Waals surface area contributed by atoms with Crippen molar-refractivity contribution in [2.24, 2.45) is 0 Å². The molecule has 0 atom stereocenters. The lowest BCUT2D eigenvalue weighted by molar-refractivity contribution is -0.139. The normalized spacial score (nSPS) is 15.0. The molecule has 0 saturated carbocycles. The number of carbonyl (C=O) groups excluding carboxylic acids is 2. The first-order valence-electron chi connectivity index (χ1n) is 7.90. The molecule has 2 rings (SSSR count). The van der Waals surface area contributed by atoms with Gasteiger partial charge < -0.3 is 9.47 Å². The van der Waals surface area contributed by atoms with Gasteiger partial charge in [0.1, 0.15) is 10.6 Å². The average Bonchev–Trinajstić information content (AvgIpc) is 2.89. The van der Waals surface area contributed by atoms with Crippen molar-refractivity contribution >= 4 is 21.8 Å². The van der Waals surface area contributed by atoms with Crippen molar-refractivity contribution in [2.75, 3.05) is 33.4 Å². The predicted molar refractivity (Wildman–Crippen MR) is 89.7 cm³/mol. The molecule has 0 bridgehead atoms. The van der Waals surface area contributed by atoms with Gasteiger partial charge in [0.2, 0.25) is 21.8 Å². The van der Waals surface area contributed by atoms with E-state index in [1.165, 1.54) is 18.1 Å². The van der Waals surface area contributed by atoms with Gasteiger partial charge in [0.15, 0.2) is 0 Å². The van der Waals surface area contributed by atoms with Gasteiger partial charge in [-0.05, 0) is 24.6 Å². The molecule has 1 aliphatic heterocycles. The van der Waals surface area contributed by atoms with Crippen LogP contribution in [0.3, 0.4) is 0 Å². The third kappa shape index (κ3) is 5.00. The molecule has 25 heavy (non-hydrogen) atoms. The van der Waals surface area contributed by atoms with Gasteiger partial charge in [-0.2, -0.15) is 0 Å². The maximum absolute atomic E-state index is 12.3. The van der Waals surface area contributed by atoms with E-state index in [-0.39, 0.29) is 61.6 Å². The van der Waals surface area contributed by atoms with Gasteiger partial charge in [-0.25, -0.2) is 13.1 Å². The zero-order valence-corrected chi connectivity index (χ0v) is 15.1. The number of nitrogens with zero attached hydrogens (tertiary/aromatic N) is 1. The first kappa shape index (κ1) is 19.4. The highest BCUT2D eigenvalue weighted by atomic mass is 32.2. The summed E-state index contributed by atoms with van der Waals surface area (Å²) < 4.78 is 37.5. The van der Waals surface area contributed by atoms with Crippen molar-refractivity contribution in [2.45, 2.75) is 24.7 Å². The van der Waals surface area contributed by atoms with Gasteiger partial charge in [0, 0.05) is 19.4 Å². The Kier molecular flexibility index (Phi) is 6.51. The van der Waals surface area contributed by atoms with Crippen LogP contribution >= 0.6 is 0 Å². The minimum atomic E-state index is -3.72. The largest absolute Gasteiger partial charge is 0.495 e. The monoisotopic (exact) mass is 370 g/mol. The van der Waals surface area contributed by atoms with Gasteiger partial charge in [0.25, 0.3) is 0 Å². The Hall–Kier alpha value is -1.97. The van der Waals surface area contributed by atoms with Crippen molar-refractivity contribution in [1.82, 2.24) is 9.62 Å². The predicted octanol–water partition coefficient (Wildman–Crippen LogP) is 0.448. The summed E-state index contributed by atoms with van der Waals surface area (Å²) in [6, 6.07) is 4.90. The van der Waals surface area contributed by atoms with E-state index in [9.17, 15) is 18.0 Å². The highest BCUT2D eigenvalue weighted by Gasteiger charge is 2.28. The molecule has 0 radical (unpaired) electrons. The second kappa shape index (κ2) is 8.41. The van der Waals surface area contributed by atoms with Crippen LogP contribution in [0.5, 0.6) is 5.75 Å². The van der Waals surface area contributed by atoms with Gasteiger partial charge in [-0.3, -0.25) is 14.5 Å². The van der Waals surface area contributed by atoms with Crippen LogP contribution in [0, 0.1) is 6.92 Å². The lowest BCUT2D eigenvalue weighted by Gasteiger charge is -2.14. The summed E-state index contributed by atoms with van der Waals surface area (Å²) in [6.45, 7) is 2.36. The zero-order valence-electron chi connectivity index (χ0n) is 14.3. The summed E-state index contributed by atoms with van der Waals surface area (Å²) in [4.78, 5) is 24.1. The van der Waals surface area contributed by atoms with Gasteiger partial charge in [-0.15, -0.1) is 0 Å². The van der Waals surface area contributed by atoms with Crippen LogP contribution in [0.25, 0.3) is 0 Å². The number of aryl methyl sites for hydroxylation is 1. The number of carbonyl (C=O) groups is 2. The molecular formula is C16H22N2O6S. The number of amides is 2. The van der Waals surface area contributed by atoms with Crippen LogP contribution < -0.4 is 9.46 Å². The maximum Gasteiger partial charge on any atom is 0.244 e. The molecule has 1 heterocycles. The SMILES string of the molecule is COc1ccc(C)cc1S(=O)(=O)NCCOCCN1C(=O)CCC1=O. The van der Waals surface area contributed by atoms with Crippen LogP contribution in [0.2, 0.25) is 0 Å². The fraction of sp³-hybridized carbons (Fsp3) is 0.500. The van der Waals surface area contributed by atoms with E-state index in [1.807, 2.05) is 0 Å².